The molecule has 4 aromatic rings. The average molecular weight is 385 g/mol. The number of nitrogens with one attached hydrogen (secondary N) is 1. The lowest BCUT2D eigenvalue weighted by Gasteiger charge is -2.28. The van der Waals surface area contributed by atoms with Gasteiger partial charge in [0.1, 0.15) is 0 Å². The van der Waals surface area contributed by atoms with Crippen LogP contribution < -0.4 is 0 Å². The molecular weight excluding hydrogens is 352 g/mol. The van der Waals surface area contributed by atoms with Gasteiger partial charge in [-0.05, 0) is 71.6 Å². The first-order valence-electron chi connectivity index (χ1n) is 10.9. The quantitative estimate of drug-likeness (QED) is 0.336. The number of aromatic amines is 1. The van der Waals surface area contributed by atoms with Crippen LogP contribution in [-0.4, -0.2) is 9.55 Å². The summed E-state index contributed by atoms with van der Waals surface area (Å²) in [6, 6.07) is 22.0. The zero-order valence-corrected chi connectivity index (χ0v) is 17.8. The van der Waals surface area contributed by atoms with E-state index < -0.39 is 0 Å². The molecule has 2 heterocycles. The minimum Gasteiger partial charge on any atom is -0.363 e. The highest BCUT2D eigenvalue weighted by molar-refractivity contribution is 5.82. The molecule has 2 nitrogen and oxygen atoms in total. The van der Waals surface area contributed by atoms with Gasteiger partial charge in [-0.3, -0.25) is 0 Å². The van der Waals surface area contributed by atoms with Crippen LogP contribution in [0.3, 0.4) is 0 Å². The van der Waals surface area contributed by atoms with Crippen molar-refractivity contribution in [3.05, 3.63) is 90.5 Å². The highest BCUT2D eigenvalue weighted by Crippen LogP contribution is 2.30. The standard InChI is InChI=1S/C27H32N2/c1-20(2)25(19-22-11-12-23-8-4-5-9-24(23)18-22)21(3)10-13-26-27(14-15-28-26)29-16-6-7-17-29/h4-9,11-12,14-18,20-21,25,28H,10,13,19H2,1-3H3. The van der Waals surface area contributed by atoms with Crippen LogP contribution in [0.15, 0.2) is 79.3 Å². The van der Waals surface area contributed by atoms with E-state index in [1.807, 2.05) is 0 Å². The molecule has 0 radical (unpaired) electrons. The van der Waals surface area contributed by atoms with Crippen molar-refractivity contribution in [2.75, 3.05) is 0 Å². The summed E-state index contributed by atoms with van der Waals surface area (Å²) in [5.74, 6) is 2.02. The van der Waals surface area contributed by atoms with E-state index in [4.69, 9.17) is 0 Å². The molecule has 2 unspecified atom stereocenters. The number of hydrogen-bond acceptors (Lipinski definition) is 0. The summed E-state index contributed by atoms with van der Waals surface area (Å²) in [7, 11) is 0. The molecule has 0 bridgehead atoms. The Kier molecular flexibility index (Phi) is 5.89. The molecule has 150 valence electrons. The smallest absolute Gasteiger partial charge is 0.0657 e. The lowest BCUT2D eigenvalue weighted by molar-refractivity contribution is 0.255. The van der Waals surface area contributed by atoms with Crippen molar-refractivity contribution in [1.82, 2.24) is 9.55 Å². The van der Waals surface area contributed by atoms with E-state index in [0.29, 0.717) is 17.8 Å². The third kappa shape index (κ3) is 4.48. The number of hydrogen-bond donors (Lipinski definition) is 1. The first-order chi connectivity index (χ1) is 14.1. The van der Waals surface area contributed by atoms with E-state index in [0.717, 1.165) is 12.8 Å². The minimum absolute atomic E-state index is 0.669. The van der Waals surface area contributed by atoms with Gasteiger partial charge in [-0.25, -0.2) is 0 Å². The SMILES string of the molecule is CC(C)C(Cc1ccc2ccccc2c1)C(C)CCc1[nH]ccc1-n1cccc1. The summed E-state index contributed by atoms with van der Waals surface area (Å²) >= 11 is 0. The van der Waals surface area contributed by atoms with E-state index in [2.05, 4.69) is 110 Å². The fourth-order valence-corrected chi connectivity index (χ4v) is 4.65. The molecule has 2 heteroatoms. The molecular formula is C27H32N2. The number of H-pyrrole nitrogens is 1. The van der Waals surface area contributed by atoms with Gasteiger partial charge in [0, 0.05) is 24.3 Å². The Morgan fingerprint density at radius 3 is 2.38 bits per heavy atom. The second kappa shape index (κ2) is 8.73. The number of aromatic nitrogens is 2. The van der Waals surface area contributed by atoms with Gasteiger partial charge >= 0.3 is 0 Å². The van der Waals surface area contributed by atoms with Crippen LogP contribution in [-0.2, 0) is 12.8 Å². The molecule has 1 N–H and O–H groups in total. The fraction of sp³-hybridized carbons (Fsp3) is 0.333. The maximum Gasteiger partial charge on any atom is 0.0657 e. The van der Waals surface area contributed by atoms with E-state index in [1.165, 1.54) is 34.1 Å². The summed E-state index contributed by atoms with van der Waals surface area (Å²) in [4.78, 5) is 3.47. The number of aryl methyl sites for hydroxylation is 1. The van der Waals surface area contributed by atoms with Crippen molar-refractivity contribution < 1.29 is 0 Å². The zero-order valence-electron chi connectivity index (χ0n) is 17.8. The summed E-state index contributed by atoms with van der Waals surface area (Å²) in [5, 5.41) is 2.68. The van der Waals surface area contributed by atoms with Crippen LogP contribution in [0, 0.1) is 17.8 Å². The number of benzene rings is 2. The summed E-state index contributed by atoms with van der Waals surface area (Å²) in [5.41, 5.74) is 4.07. The molecule has 2 aromatic carbocycles. The van der Waals surface area contributed by atoms with E-state index in [1.54, 1.807) is 0 Å². The maximum atomic E-state index is 3.47. The van der Waals surface area contributed by atoms with Crippen molar-refractivity contribution in [3.63, 3.8) is 0 Å². The molecule has 0 fully saturated rings. The Balaban J connectivity index is 1.45. The van der Waals surface area contributed by atoms with Crippen LogP contribution >= 0.6 is 0 Å². The predicted molar refractivity (Wildman–Crippen MR) is 124 cm³/mol. The van der Waals surface area contributed by atoms with Gasteiger partial charge in [-0.1, -0.05) is 63.2 Å². The Morgan fingerprint density at radius 2 is 1.62 bits per heavy atom. The fourth-order valence-electron chi connectivity index (χ4n) is 4.65. The van der Waals surface area contributed by atoms with Crippen molar-refractivity contribution in [2.45, 2.75) is 40.0 Å². The third-order valence-electron chi connectivity index (χ3n) is 6.41. The van der Waals surface area contributed by atoms with Gasteiger partial charge in [0.15, 0.2) is 0 Å². The van der Waals surface area contributed by atoms with Gasteiger partial charge in [-0.15, -0.1) is 0 Å². The highest BCUT2D eigenvalue weighted by Gasteiger charge is 2.22. The molecule has 0 aliphatic heterocycles. The van der Waals surface area contributed by atoms with Crippen LogP contribution in [0.2, 0.25) is 0 Å². The van der Waals surface area contributed by atoms with E-state index in [9.17, 15) is 0 Å². The molecule has 0 aliphatic carbocycles. The Labute approximate surface area is 174 Å². The Bertz CT molecular complexity index is 1040. The third-order valence-corrected chi connectivity index (χ3v) is 6.41. The second-order valence-electron chi connectivity index (χ2n) is 8.74. The Morgan fingerprint density at radius 1 is 0.862 bits per heavy atom. The molecule has 29 heavy (non-hydrogen) atoms. The lowest BCUT2D eigenvalue weighted by atomic mass is 9.77. The molecule has 0 saturated heterocycles. The van der Waals surface area contributed by atoms with Gasteiger partial charge in [0.25, 0.3) is 0 Å². The van der Waals surface area contributed by atoms with Crippen LogP contribution in [0.25, 0.3) is 16.5 Å². The van der Waals surface area contributed by atoms with Crippen LogP contribution in [0.5, 0.6) is 0 Å². The van der Waals surface area contributed by atoms with Crippen molar-refractivity contribution in [1.29, 1.82) is 0 Å². The summed E-state index contributed by atoms with van der Waals surface area (Å²) in [6.07, 6.45) is 9.73. The van der Waals surface area contributed by atoms with Gasteiger partial charge in [-0.2, -0.15) is 0 Å². The molecule has 0 spiro atoms. The second-order valence-corrected chi connectivity index (χ2v) is 8.74. The van der Waals surface area contributed by atoms with Crippen molar-refractivity contribution >= 4 is 10.8 Å². The van der Waals surface area contributed by atoms with Crippen LogP contribution in [0.4, 0.5) is 0 Å². The Hall–Kier alpha value is -2.74. The normalized spacial score (nSPS) is 13.8. The topological polar surface area (TPSA) is 20.7 Å². The summed E-state index contributed by atoms with van der Waals surface area (Å²) < 4.78 is 2.20. The zero-order chi connectivity index (χ0) is 20.2. The number of nitrogens with zero attached hydrogens (tertiary/aromatic N) is 1. The largest absolute Gasteiger partial charge is 0.363 e. The average Bonchev–Trinajstić information content (AvgIpc) is 3.41. The van der Waals surface area contributed by atoms with Crippen LogP contribution in [0.1, 0.15) is 38.4 Å². The predicted octanol–water partition coefficient (Wildman–Crippen LogP) is 7.04. The van der Waals surface area contributed by atoms with E-state index >= 15 is 0 Å². The molecule has 4 rings (SSSR count). The summed E-state index contributed by atoms with van der Waals surface area (Å²) in [6.45, 7) is 7.19. The van der Waals surface area contributed by atoms with Gasteiger partial charge < -0.3 is 9.55 Å². The van der Waals surface area contributed by atoms with Gasteiger partial charge in [0.2, 0.25) is 0 Å². The highest BCUT2D eigenvalue weighted by atomic mass is 15.0. The minimum atomic E-state index is 0.669. The molecule has 2 aromatic heterocycles. The number of rotatable bonds is 8. The first kappa shape index (κ1) is 19.6. The molecule has 0 aliphatic rings. The lowest BCUT2D eigenvalue weighted by Crippen LogP contribution is -2.21. The van der Waals surface area contributed by atoms with Crippen molar-refractivity contribution in [3.8, 4) is 5.69 Å². The molecule has 0 amide bonds. The first-order valence-corrected chi connectivity index (χ1v) is 10.9. The van der Waals surface area contributed by atoms with Gasteiger partial charge in [0.05, 0.1) is 5.69 Å². The molecule has 2 atom stereocenters. The monoisotopic (exact) mass is 384 g/mol. The van der Waals surface area contributed by atoms with Crippen molar-refractivity contribution in [2.24, 2.45) is 17.8 Å². The molecule has 0 saturated carbocycles. The van der Waals surface area contributed by atoms with E-state index in [-0.39, 0.29) is 0 Å². The number of fused-ring (bicyclic) bond motifs is 1. The maximum absolute atomic E-state index is 3.47.